The molecule has 0 spiro atoms. The third-order valence-corrected chi connectivity index (χ3v) is 13.4. The molecule has 4 aromatic rings. The fourth-order valence-corrected chi connectivity index (χ4v) is 10.1. The summed E-state index contributed by atoms with van der Waals surface area (Å²) >= 11 is 0. The molecule has 1 aromatic heterocycles. The number of rotatable bonds is 18. The number of aldehydes is 2. The van der Waals surface area contributed by atoms with E-state index in [1.807, 2.05) is 88.6 Å². The van der Waals surface area contributed by atoms with Crippen molar-refractivity contribution in [2.75, 3.05) is 102 Å². The van der Waals surface area contributed by atoms with E-state index in [2.05, 4.69) is 40.2 Å². The highest BCUT2D eigenvalue weighted by Gasteiger charge is 2.41. The molecule has 68 heavy (non-hydrogen) atoms. The van der Waals surface area contributed by atoms with E-state index in [0.717, 1.165) is 81.5 Å². The van der Waals surface area contributed by atoms with E-state index in [0.29, 0.717) is 64.1 Å². The number of nitrogen functional groups attached to an aromatic ring is 1. The van der Waals surface area contributed by atoms with E-state index in [-0.39, 0.29) is 30.4 Å². The van der Waals surface area contributed by atoms with Crippen LogP contribution < -0.4 is 26.0 Å². The van der Waals surface area contributed by atoms with Crippen LogP contribution >= 0.6 is 0 Å². The van der Waals surface area contributed by atoms with Gasteiger partial charge in [-0.05, 0) is 113 Å². The minimum atomic E-state index is -0.930. The first-order valence-corrected chi connectivity index (χ1v) is 24.3. The zero-order valence-electron chi connectivity index (χ0n) is 40.1. The molecular weight excluding hydrogens is 859 g/mol. The molecule has 2 unspecified atom stereocenters. The fraction of sp³-hybridized carbons (Fsp3) is 0.481. The van der Waals surface area contributed by atoms with Crippen LogP contribution in [0.25, 0.3) is 0 Å². The van der Waals surface area contributed by atoms with Crippen LogP contribution in [-0.4, -0.2) is 158 Å². The van der Waals surface area contributed by atoms with Gasteiger partial charge in [0.2, 0.25) is 0 Å². The van der Waals surface area contributed by atoms with Crippen molar-refractivity contribution < 1.29 is 23.9 Å². The van der Waals surface area contributed by atoms with Gasteiger partial charge >= 0.3 is 0 Å². The maximum Gasteiger partial charge on any atom is 0.262 e. The second kappa shape index (κ2) is 23.8. The van der Waals surface area contributed by atoms with Crippen LogP contribution in [0.4, 0.5) is 17.3 Å². The number of ether oxygens (including phenoxy) is 1. The number of nitrogens with one attached hydrogen (secondary N) is 3. The van der Waals surface area contributed by atoms with Crippen LogP contribution in [0.5, 0.6) is 11.5 Å². The van der Waals surface area contributed by atoms with Crippen LogP contribution in [0.15, 0.2) is 79.1 Å². The van der Waals surface area contributed by atoms with Gasteiger partial charge in [-0.1, -0.05) is 32.0 Å². The number of carbonyl (C=O) groups is 4. The van der Waals surface area contributed by atoms with Crippen LogP contribution in [-0.2, 0) is 9.59 Å². The fourth-order valence-electron chi connectivity index (χ4n) is 10.1. The van der Waals surface area contributed by atoms with E-state index in [1.165, 1.54) is 32.4 Å². The highest BCUT2D eigenvalue weighted by Crippen LogP contribution is 2.34. The molecule has 16 nitrogen and oxygen atoms in total. The zero-order chi connectivity index (χ0) is 48.2. The van der Waals surface area contributed by atoms with E-state index in [4.69, 9.17) is 15.9 Å². The normalized spacial score (nSPS) is 19.4. The van der Waals surface area contributed by atoms with Gasteiger partial charge in [-0.15, -0.1) is 0 Å². The van der Waals surface area contributed by atoms with Crippen molar-refractivity contribution in [1.29, 1.82) is 5.41 Å². The molecule has 362 valence electrons. The van der Waals surface area contributed by atoms with Gasteiger partial charge in [0.15, 0.2) is 0 Å². The monoisotopic (exact) mass is 928 g/mol. The number of anilines is 3. The number of carbonyl (C=O) groups excluding carboxylic acids is 4. The van der Waals surface area contributed by atoms with Crippen molar-refractivity contribution in [3.8, 4) is 11.5 Å². The zero-order valence-corrected chi connectivity index (χ0v) is 40.1. The maximum atomic E-state index is 13.1. The maximum absolute atomic E-state index is 13.1. The second-order valence-electron chi connectivity index (χ2n) is 18.4. The molecule has 0 saturated carbocycles. The molecule has 0 bridgehead atoms. The van der Waals surface area contributed by atoms with E-state index < -0.39 is 17.9 Å². The lowest BCUT2D eigenvalue weighted by Gasteiger charge is -2.48. The number of nitrogens with two attached hydrogens (primary N) is 1. The Morgan fingerprint density at radius 3 is 2.09 bits per heavy atom. The number of benzene rings is 3. The number of nitrogens with zero attached hydrogens (tertiary/aromatic N) is 7. The summed E-state index contributed by atoms with van der Waals surface area (Å²) in [5, 5.41) is 15.4. The number of para-hydroxylation sites is 1. The summed E-state index contributed by atoms with van der Waals surface area (Å²) < 4.78 is 5.94. The van der Waals surface area contributed by atoms with Gasteiger partial charge in [0.25, 0.3) is 11.8 Å². The molecule has 6 heterocycles. The summed E-state index contributed by atoms with van der Waals surface area (Å²) in [7, 11) is 3.75. The Balaban J connectivity index is 0.00000132. The summed E-state index contributed by atoms with van der Waals surface area (Å²) in [6.45, 7) is 15.8. The van der Waals surface area contributed by atoms with Crippen molar-refractivity contribution in [2.45, 2.75) is 58.0 Å². The summed E-state index contributed by atoms with van der Waals surface area (Å²) in [6.07, 6.45) is 6.23. The van der Waals surface area contributed by atoms with E-state index >= 15 is 0 Å². The molecule has 16 heteroatoms. The number of imide groups is 1. The van der Waals surface area contributed by atoms with Crippen LogP contribution in [0.1, 0.15) is 77.8 Å². The average molecular weight is 928 g/mol. The molecule has 0 aliphatic carbocycles. The minimum Gasteiger partial charge on any atom is -0.457 e. The second-order valence-corrected chi connectivity index (χ2v) is 18.4. The summed E-state index contributed by atoms with van der Waals surface area (Å²) in [5.74, 6) is 3.37. The number of fused-ring (bicyclic) bond motifs is 1. The molecule has 4 saturated heterocycles. The first kappa shape index (κ1) is 49.8. The SMILES string of the molecule is CC.CNC.N=C(c1ccc(Oc2ccccc2)cc1)c1c(N)ncnc1NC1CCN(CC2CCN(CC3CN(CC4CN(c5ccc6c(c5)C(=O)N(C(C=O)CCC=O)C6=O)C4)C3)C2)CC1. The van der Waals surface area contributed by atoms with Crippen molar-refractivity contribution in [2.24, 2.45) is 17.8 Å². The Morgan fingerprint density at radius 1 is 0.779 bits per heavy atom. The third-order valence-electron chi connectivity index (χ3n) is 13.4. The van der Waals surface area contributed by atoms with Crippen LogP contribution in [0.3, 0.4) is 0 Å². The Morgan fingerprint density at radius 2 is 1.40 bits per heavy atom. The molecule has 2 atom stereocenters. The van der Waals surface area contributed by atoms with E-state index in [1.54, 1.807) is 12.1 Å². The van der Waals surface area contributed by atoms with Crippen molar-refractivity contribution >= 4 is 47.4 Å². The van der Waals surface area contributed by atoms with Crippen molar-refractivity contribution in [3.63, 3.8) is 0 Å². The molecule has 5 N–H and O–H groups in total. The van der Waals surface area contributed by atoms with Gasteiger partial charge < -0.3 is 50.3 Å². The van der Waals surface area contributed by atoms with Gasteiger partial charge in [0.05, 0.1) is 28.4 Å². The van der Waals surface area contributed by atoms with E-state index in [9.17, 15) is 19.2 Å². The molecule has 2 amide bonds. The molecule has 9 rings (SSSR count). The predicted molar refractivity (Wildman–Crippen MR) is 267 cm³/mol. The van der Waals surface area contributed by atoms with Gasteiger partial charge in [-0.25, -0.2) is 9.97 Å². The lowest BCUT2D eigenvalue weighted by molar-refractivity contribution is -0.112. The van der Waals surface area contributed by atoms with Gasteiger partial charge in [-0.3, -0.25) is 19.9 Å². The van der Waals surface area contributed by atoms with Crippen molar-refractivity contribution in [1.82, 2.24) is 34.9 Å². The molecule has 3 aromatic carbocycles. The minimum absolute atomic E-state index is 0.111. The summed E-state index contributed by atoms with van der Waals surface area (Å²) in [6, 6.07) is 21.7. The molecule has 5 aliphatic rings. The Labute approximate surface area is 401 Å². The smallest absolute Gasteiger partial charge is 0.262 e. The number of piperidine rings is 1. The number of hydrogen-bond donors (Lipinski definition) is 4. The third kappa shape index (κ3) is 12.0. The highest BCUT2D eigenvalue weighted by atomic mass is 16.5. The molecular formula is C52H69N11O5. The predicted octanol–water partition coefficient (Wildman–Crippen LogP) is 5.54. The van der Waals surface area contributed by atoms with Crippen LogP contribution in [0.2, 0.25) is 0 Å². The quantitative estimate of drug-likeness (QED) is 0.0553. The summed E-state index contributed by atoms with van der Waals surface area (Å²) in [5.41, 5.74) is 9.43. The Hall–Kier alpha value is -6.07. The number of amides is 2. The number of aromatic nitrogens is 2. The Bertz CT molecular complexity index is 2330. The van der Waals surface area contributed by atoms with Crippen LogP contribution in [0, 0.1) is 23.2 Å². The van der Waals surface area contributed by atoms with Crippen molar-refractivity contribution in [3.05, 3.63) is 101 Å². The topological polar surface area (TPSA) is 193 Å². The summed E-state index contributed by atoms with van der Waals surface area (Å²) in [4.78, 5) is 68.5. The number of likely N-dealkylation sites (tertiary alicyclic amines) is 3. The molecule has 0 radical (unpaired) electrons. The van der Waals surface area contributed by atoms with Gasteiger partial charge in [0, 0.05) is 95.1 Å². The molecule has 5 aliphatic heterocycles. The standard InChI is InChI=1S/C48H56N10O5.C2H7N.C2H6/c49-44(35-8-11-40(12-9-35)63-39-6-2-1-3-7-39)43-45(50)51-31-52-46(43)53-36-15-18-54(19-16-36)22-32-14-17-55(23-32)24-33-25-56(26-33)27-34-28-57(29-34)37-10-13-41-42(21-37)48(62)58(47(41)61)38(30-60)5-4-20-59;1-3-2;1-2/h1-3,6-13,20-21,30-34,36,38,49H,4-5,14-19,22-29H2,(H3,50,51,52,53);3H,1-2H3;1-2H3. The highest BCUT2D eigenvalue weighted by molar-refractivity contribution is 6.22. The largest absolute Gasteiger partial charge is 0.457 e. The lowest BCUT2D eigenvalue weighted by Crippen LogP contribution is -2.57. The first-order chi connectivity index (χ1) is 33.1. The lowest BCUT2D eigenvalue weighted by atomic mass is 9.93. The average Bonchev–Trinajstić information content (AvgIpc) is 3.88. The van der Waals surface area contributed by atoms with Gasteiger partial charge in [-0.2, -0.15) is 0 Å². The van der Waals surface area contributed by atoms with Gasteiger partial charge in [0.1, 0.15) is 42.0 Å². The first-order valence-electron chi connectivity index (χ1n) is 24.3. The Kier molecular flexibility index (Phi) is 17.4. The molecule has 4 fully saturated rings. The number of hydrogen-bond acceptors (Lipinski definition) is 15.